The molecule has 2 aromatic carbocycles. The van der Waals surface area contributed by atoms with Crippen LogP contribution in [0.2, 0.25) is 0 Å². The van der Waals surface area contributed by atoms with Crippen molar-refractivity contribution in [3.8, 4) is 5.75 Å². The van der Waals surface area contributed by atoms with E-state index >= 15 is 0 Å². The fraction of sp³-hybridized carbons (Fsp3) is 0.304. The van der Waals surface area contributed by atoms with Gasteiger partial charge in [0.15, 0.2) is 5.78 Å². The van der Waals surface area contributed by atoms with E-state index in [4.69, 9.17) is 9.47 Å². The van der Waals surface area contributed by atoms with Crippen LogP contribution < -0.4 is 10.1 Å². The van der Waals surface area contributed by atoms with E-state index in [0.29, 0.717) is 42.2 Å². The summed E-state index contributed by atoms with van der Waals surface area (Å²) in [6.07, 6.45) is 2.76. The molecule has 3 aromatic rings. The predicted molar refractivity (Wildman–Crippen MR) is 120 cm³/mol. The monoisotopic (exact) mass is 432 g/mol. The van der Waals surface area contributed by atoms with E-state index in [9.17, 15) is 9.18 Å². The summed E-state index contributed by atoms with van der Waals surface area (Å²) in [5.74, 6) is 0.325. The van der Waals surface area contributed by atoms with Crippen molar-refractivity contribution in [3.63, 3.8) is 0 Å². The van der Waals surface area contributed by atoms with Crippen LogP contribution >= 0.6 is 12.4 Å². The quantitative estimate of drug-likeness (QED) is 0.339. The van der Waals surface area contributed by atoms with Crippen LogP contribution in [0, 0.1) is 12.7 Å². The third-order valence-electron chi connectivity index (χ3n) is 4.63. The summed E-state index contributed by atoms with van der Waals surface area (Å²) in [5.41, 5.74) is 3.29. The Hall–Kier alpha value is -2.70. The molecule has 0 unspecified atom stereocenters. The zero-order valence-corrected chi connectivity index (χ0v) is 18.1. The molecule has 0 aliphatic rings. The number of hydrogen-bond acceptors (Lipinski definition) is 5. The third-order valence-corrected chi connectivity index (χ3v) is 4.63. The van der Waals surface area contributed by atoms with Crippen LogP contribution in [0.25, 0.3) is 10.9 Å². The Kier molecular flexibility index (Phi) is 8.57. The van der Waals surface area contributed by atoms with Crippen molar-refractivity contribution in [2.45, 2.75) is 26.7 Å². The summed E-state index contributed by atoms with van der Waals surface area (Å²) in [6.45, 7) is 4.64. The molecule has 0 radical (unpaired) electrons. The Labute approximate surface area is 182 Å². The number of nitrogens with one attached hydrogen (secondary N) is 1. The van der Waals surface area contributed by atoms with Gasteiger partial charge in [-0.25, -0.2) is 4.39 Å². The topological polar surface area (TPSA) is 60.5 Å². The molecule has 0 fully saturated rings. The Morgan fingerprint density at radius 2 is 2.00 bits per heavy atom. The number of fused-ring (bicyclic) bond motifs is 1. The van der Waals surface area contributed by atoms with Gasteiger partial charge in [-0.1, -0.05) is 19.1 Å². The van der Waals surface area contributed by atoms with E-state index in [-0.39, 0.29) is 24.0 Å². The van der Waals surface area contributed by atoms with Crippen molar-refractivity contribution < 1.29 is 18.7 Å². The fourth-order valence-corrected chi connectivity index (χ4v) is 3.16. The molecule has 1 aromatic heterocycles. The van der Waals surface area contributed by atoms with E-state index < -0.39 is 0 Å². The lowest BCUT2D eigenvalue weighted by molar-refractivity contribution is 0.0982. The number of ketones is 1. The van der Waals surface area contributed by atoms with E-state index in [0.717, 1.165) is 23.1 Å². The second-order valence-electron chi connectivity index (χ2n) is 6.80. The van der Waals surface area contributed by atoms with Gasteiger partial charge >= 0.3 is 0 Å². The van der Waals surface area contributed by atoms with Gasteiger partial charge in [-0.2, -0.15) is 0 Å². The van der Waals surface area contributed by atoms with Crippen LogP contribution in [0.5, 0.6) is 5.75 Å². The number of ether oxygens (including phenoxy) is 2. The van der Waals surface area contributed by atoms with E-state index in [1.165, 1.54) is 12.1 Å². The van der Waals surface area contributed by atoms with Crippen molar-refractivity contribution in [2.24, 2.45) is 0 Å². The maximum atomic E-state index is 13.5. The normalized spacial score (nSPS) is 10.5. The SMILES string of the molecule is CCCC(=O)c1cnc2c(OCCOC)cccc2c1Nc1ccc(F)cc1C.Cl. The van der Waals surface area contributed by atoms with Gasteiger partial charge in [-0.05, 0) is 43.2 Å². The molecule has 5 nitrogen and oxygen atoms in total. The van der Waals surface area contributed by atoms with Gasteiger partial charge in [0.1, 0.15) is 23.7 Å². The smallest absolute Gasteiger partial charge is 0.166 e. The maximum Gasteiger partial charge on any atom is 0.166 e. The molecule has 3 rings (SSSR count). The molecule has 0 aliphatic heterocycles. The van der Waals surface area contributed by atoms with Crippen molar-refractivity contribution in [3.05, 3.63) is 59.5 Å². The van der Waals surface area contributed by atoms with E-state index in [1.807, 2.05) is 32.0 Å². The van der Waals surface area contributed by atoms with Crippen LogP contribution in [0.15, 0.2) is 42.6 Å². The molecule has 0 aliphatic carbocycles. The molecule has 7 heteroatoms. The number of rotatable bonds is 9. The highest BCUT2D eigenvalue weighted by molar-refractivity contribution is 6.09. The fourth-order valence-electron chi connectivity index (χ4n) is 3.16. The first-order chi connectivity index (χ1) is 14.0. The summed E-state index contributed by atoms with van der Waals surface area (Å²) in [4.78, 5) is 17.3. The van der Waals surface area contributed by atoms with Crippen molar-refractivity contribution in [2.75, 3.05) is 25.6 Å². The highest BCUT2D eigenvalue weighted by Gasteiger charge is 2.18. The molecule has 0 atom stereocenters. The summed E-state index contributed by atoms with van der Waals surface area (Å²) < 4.78 is 24.4. The Morgan fingerprint density at radius 3 is 2.70 bits per heavy atom. The first-order valence-electron chi connectivity index (χ1n) is 9.65. The van der Waals surface area contributed by atoms with Crippen molar-refractivity contribution in [1.29, 1.82) is 0 Å². The lowest BCUT2D eigenvalue weighted by atomic mass is 10.0. The summed E-state index contributed by atoms with van der Waals surface area (Å²) in [5, 5.41) is 4.11. The highest BCUT2D eigenvalue weighted by Crippen LogP contribution is 2.35. The van der Waals surface area contributed by atoms with Crippen molar-refractivity contribution in [1.82, 2.24) is 4.98 Å². The lowest BCUT2D eigenvalue weighted by Gasteiger charge is -2.17. The molecular formula is C23H26ClFN2O3. The first kappa shape index (κ1) is 23.6. The average Bonchev–Trinajstić information content (AvgIpc) is 2.70. The molecular weight excluding hydrogens is 407 g/mol. The summed E-state index contributed by atoms with van der Waals surface area (Å²) >= 11 is 0. The molecule has 1 N–H and O–H groups in total. The van der Waals surface area contributed by atoms with Gasteiger partial charge in [0.05, 0.1) is 17.9 Å². The molecule has 0 spiro atoms. The Balaban J connectivity index is 0.00000320. The maximum absolute atomic E-state index is 13.5. The molecule has 1 heterocycles. The number of hydrogen-bond donors (Lipinski definition) is 1. The number of nitrogens with zero attached hydrogens (tertiary/aromatic N) is 1. The number of aryl methyl sites for hydroxylation is 1. The van der Waals surface area contributed by atoms with E-state index in [1.54, 1.807) is 19.4 Å². The predicted octanol–water partition coefficient (Wildman–Crippen LogP) is 5.86. The number of carbonyl (C=O) groups is 1. The molecule has 30 heavy (non-hydrogen) atoms. The Bertz CT molecular complexity index is 1030. The number of carbonyl (C=O) groups excluding carboxylic acids is 1. The number of anilines is 2. The molecule has 0 saturated heterocycles. The van der Waals surface area contributed by atoms with Gasteiger partial charge in [-0.3, -0.25) is 9.78 Å². The highest BCUT2D eigenvalue weighted by atomic mass is 35.5. The number of para-hydroxylation sites is 1. The van der Waals surface area contributed by atoms with Crippen LogP contribution in [0.1, 0.15) is 35.7 Å². The zero-order chi connectivity index (χ0) is 20.8. The summed E-state index contributed by atoms with van der Waals surface area (Å²) in [7, 11) is 1.61. The molecule has 0 amide bonds. The third kappa shape index (κ3) is 5.26. The molecule has 160 valence electrons. The van der Waals surface area contributed by atoms with Gasteiger partial charge < -0.3 is 14.8 Å². The standard InChI is InChI=1S/C23H25FN2O3.ClH/c1-4-6-20(27)18-14-25-23-17(7-5-8-21(23)29-12-11-28-3)22(18)26-19-10-9-16(24)13-15(19)2;/h5,7-10,13-14H,4,6,11-12H2,1-3H3,(H,25,26);1H. The molecule has 0 bridgehead atoms. The van der Waals surface area contributed by atoms with Crippen LogP contribution in [0.3, 0.4) is 0 Å². The average molecular weight is 433 g/mol. The van der Waals surface area contributed by atoms with Gasteiger partial charge in [0.2, 0.25) is 0 Å². The molecule has 0 saturated carbocycles. The minimum atomic E-state index is -0.302. The zero-order valence-electron chi connectivity index (χ0n) is 17.3. The second-order valence-corrected chi connectivity index (χ2v) is 6.80. The number of benzene rings is 2. The first-order valence-corrected chi connectivity index (χ1v) is 9.65. The van der Waals surface area contributed by atoms with E-state index in [2.05, 4.69) is 10.3 Å². The minimum Gasteiger partial charge on any atom is -0.489 e. The van der Waals surface area contributed by atoms with Crippen molar-refractivity contribution >= 4 is 40.5 Å². The Morgan fingerprint density at radius 1 is 1.20 bits per heavy atom. The van der Waals surface area contributed by atoms with Crippen LogP contribution in [-0.4, -0.2) is 31.1 Å². The second kappa shape index (κ2) is 10.9. The summed E-state index contributed by atoms with van der Waals surface area (Å²) in [6, 6.07) is 10.1. The number of halogens is 2. The number of aromatic nitrogens is 1. The number of pyridine rings is 1. The van der Waals surface area contributed by atoms with Gasteiger partial charge in [0, 0.05) is 30.8 Å². The van der Waals surface area contributed by atoms with Crippen LogP contribution in [0.4, 0.5) is 15.8 Å². The van der Waals surface area contributed by atoms with Gasteiger partial charge in [0.25, 0.3) is 0 Å². The minimum absolute atomic E-state index is 0. The van der Waals surface area contributed by atoms with Gasteiger partial charge in [-0.15, -0.1) is 12.4 Å². The van der Waals surface area contributed by atoms with Crippen LogP contribution in [-0.2, 0) is 4.74 Å². The number of methoxy groups -OCH3 is 1. The number of Topliss-reactive ketones (excluding diaryl/α,β-unsaturated/α-hetero) is 1. The lowest BCUT2D eigenvalue weighted by Crippen LogP contribution is -2.08. The largest absolute Gasteiger partial charge is 0.489 e.